The number of hydrogen-bond acceptors (Lipinski definition) is 3. The Morgan fingerprint density at radius 2 is 1.79 bits per heavy atom. The maximum absolute atomic E-state index is 13.7. The van der Waals surface area contributed by atoms with Crippen LogP contribution in [-0.2, 0) is 23.3 Å². The molecule has 1 amide bonds. The van der Waals surface area contributed by atoms with Crippen molar-refractivity contribution < 1.29 is 13.9 Å². The van der Waals surface area contributed by atoms with Crippen LogP contribution in [0.25, 0.3) is 11.1 Å². The number of carbonyl (C=O) groups is 1. The molecule has 0 saturated carbocycles. The van der Waals surface area contributed by atoms with Crippen molar-refractivity contribution in [1.29, 1.82) is 0 Å². The molecule has 172 valence electrons. The highest BCUT2D eigenvalue weighted by molar-refractivity contribution is 5.75. The molecule has 0 fully saturated rings. The summed E-state index contributed by atoms with van der Waals surface area (Å²) in [6.07, 6.45) is -0.340. The van der Waals surface area contributed by atoms with E-state index in [1.807, 2.05) is 42.5 Å². The first-order valence-corrected chi connectivity index (χ1v) is 11.4. The highest BCUT2D eigenvalue weighted by atomic mass is 19.1. The van der Waals surface area contributed by atoms with Crippen molar-refractivity contribution in [3.8, 4) is 11.1 Å². The van der Waals surface area contributed by atoms with E-state index in [2.05, 4.69) is 34.6 Å². The second-order valence-corrected chi connectivity index (χ2v) is 9.77. The fourth-order valence-corrected chi connectivity index (χ4v) is 4.77. The molecule has 4 rings (SSSR count). The summed E-state index contributed by atoms with van der Waals surface area (Å²) in [5.41, 5.74) is 6.70. The van der Waals surface area contributed by atoms with Gasteiger partial charge < -0.3 is 9.64 Å². The van der Waals surface area contributed by atoms with E-state index in [0.29, 0.717) is 13.1 Å². The van der Waals surface area contributed by atoms with Crippen LogP contribution in [0.4, 0.5) is 9.18 Å². The highest BCUT2D eigenvalue weighted by Crippen LogP contribution is 2.41. The number of rotatable bonds is 4. The van der Waals surface area contributed by atoms with E-state index in [9.17, 15) is 9.18 Å². The predicted octanol–water partition coefficient (Wildman–Crippen LogP) is 6.75. The zero-order valence-electron chi connectivity index (χ0n) is 20.0. The molecule has 0 bridgehead atoms. The molecule has 4 nitrogen and oxygen atoms in total. The zero-order valence-corrected chi connectivity index (χ0v) is 20.0. The number of aromatic nitrogens is 1. The Bertz CT molecular complexity index is 1150. The molecular weight excluding hydrogens is 415 g/mol. The van der Waals surface area contributed by atoms with E-state index >= 15 is 0 Å². The van der Waals surface area contributed by atoms with E-state index in [4.69, 9.17) is 9.72 Å². The number of amides is 1. The van der Waals surface area contributed by atoms with Gasteiger partial charge in [-0.2, -0.15) is 0 Å². The lowest BCUT2D eigenvalue weighted by Crippen LogP contribution is -2.46. The molecule has 1 aliphatic heterocycles. The zero-order chi connectivity index (χ0) is 23.8. The molecular formula is C28H31FN2O2. The molecule has 0 atom stereocenters. The molecule has 1 aliphatic rings. The average Bonchev–Trinajstić information content (AvgIpc) is 2.78. The van der Waals surface area contributed by atoms with Gasteiger partial charge >= 0.3 is 6.09 Å². The number of hydrogen-bond donors (Lipinski definition) is 0. The standard InChI is InChI=1S/C28H31FN2O2/c1-18(2)25-19(3)24(21-11-13-22(29)14-12-21)23-15-31(17-28(4,5)26(23)30-25)27(32)33-16-20-9-7-6-8-10-20/h6-14,18H,15-17H2,1-5H3. The van der Waals surface area contributed by atoms with Crippen molar-refractivity contribution in [2.75, 3.05) is 6.54 Å². The number of halogens is 1. The number of ether oxygens (including phenoxy) is 1. The first-order chi connectivity index (χ1) is 15.7. The Morgan fingerprint density at radius 1 is 1.12 bits per heavy atom. The molecule has 0 aliphatic carbocycles. The van der Waals surface area contributed by atoms with Gasteiger partial charge in [0.2, 0.25) is 0 Å². The molecule has 33 heavy (non-hydrogen) atoms. The van der Waals surface area contributed by atoms with Gasteiger partial charge in [0.1, 0.15) is 12.4 Å². The fraction of sp³-hybridized carbons (Fsp3) is 0.357. The maximum Gasteiger partial charge on any atom is 0.410 e. The number of carbonyl (C=O) groups excluding carboxylic acids is 1. The van der Waals surface area contributed by atoms with Crippen LogP contribution in [-0.4, -0.2) is 22.5 Å². The molecule has 0 radical (unpaired) electrons. The van der Waals surface area contributed by atoms with Crippen LogP contribution in [0.15, 0.2) is 54.6 Å². The van der Waals surface area contributed by atoms with E-state index in [1.165, 1.54) is 12.1 Å². The van der Waals surface area contributed by atoms with Gasteiger partial charge in [0.25, 0.3) is 0 Å². The van der Waals surface area contributed by atoms with E-state index < -0.39 is 0 Å². The van der Waals surface area contributed by atoms with Gasteiger partial charge in [-0.05, 0) is 47.2 Å². The summed E-state index contributed by atoms with van der Waals surface area (Å²) in [5.74, 6) is -0.0194. The van der Waals surface area contributed by atoms with Crippen LogP contribution in [0.3, 0.4) is 0 Å². The summed E-state index contributed by atoms with van der Waals surface area (Å²) in [5, 5.41) is 0. The Kier molecular flexibility index (Phi) is 6.24. The fourth-order valence-electron chi connectivity index (χ4n) is 4.77. The van der Waals surface area contributed by atoms with E-state index in [1.54, 1.807) is 4.90 Å². The van der Waals surface area contributed by atoms with Crippen molar-refractivity contribution in [1.82, 2.24) is 9.88 Å². The summed E-state index contributed by atoms with van der Waals surface area (Å²) in [7, 11) is 0. The lowest BCUT2D eigenvalue weighted by Gasteiger charge is -2.40. The topological polar surface area (TPSA) is 42.4 Å². The quantitative estimate of drug-likeness (QED) is 0.445. The first kappa shape index (κ1) is 23.0. The lowest BCUT2D eigenvalue weighted by molar-refractivity contribution is 0.0812. The second kappa shape index (κ2) is 8.97. The molecule has 1 aromatic heterocycles. The Morgan fingerprint density at radius 3 is 2.42 bits per heavy atom. The minimum absolute atomic E-state index is 0.234. The Hall–Kier alpha value is -3.21. The number of fused-ring (bicyclic) bond motifs is 1. The molecule has 2 heterocycles. The van der Waals surface area contributed by atoms with Crippen molar-refractivity contribution >= 4 is 6.09 Å². The van der Waals surface area contributed by atoms with Crippen LogP contribution in [0, 0.1) is 12.7 Å². The molecule has 5 heteroatoms. The molecule has 2 aromatic carbocycles. The third-order valence-electron chi connectivity index (χ3n) is 6.30. The van der Waals surface area contributed by atoms with Crippen molar-refractivity contribution in [2.24, 2.45) is 0 Å². The summed E-state index contributed by atoms with van der Waals surface area (Å²) in [4.78, 5) is 19.9. The molecule has 0 spiro atoms. The Balaban J connectivity index is 1.75. The molecule has 0 saturated heterocycles. The van der Waals surface area contributed by atoms with Crippen molar-refractivity contribution in [2.45, 2.75) is 59.1 Å². The largest absolute Gasteiger partial charge is 0.445 e. The summed E-state index contributed by atoms with van der Waals surface area (Å²) in [6, 6.07) is 16.3. The number of benzene rings is 2. The van der Waals surface area contributed by atoms with Crippen molar-refractivity contribution in [3.05, 3.63) is 88.5 Å². The van der Waals surface area contributed by atoms with Gasteiger partial charge in [-0.1, -0.05) is 70.2 Å². The van der Waals surface area contributed by atoms with Crippen LogP contribution >= 0.6 is 0 Å². The molecule has 0 unspecified atom stereocenters. The van der Waals surface area contributed by atoms with Gasteiger partial charge in [0, 0.05) is 23.2 Å². The monoisotopic (exact) mass is 446 g/mol. The number of nitrogens with zero attached hydrogens (tertiary/aromatic N) is 2. The minimum atomic E-state index is -0.356. The van der Waals surface area contributed by atoms with E-state index in [0.717, 1.165) is 39.2 Å². The second-order valence-electron chi connectivity index (χ2n) is 9.77. The average molecular weight is 447 g/mol. The van der Waals surface area contributed by atoms with E-state index in [-0.39, 0.29) is 29.9 Å². The van der Waals surface area contributed by atoms with Crippen LogP contribution in [0.2, 0.25) is 0 Å². The predicted molar refractivity (Wildman–Crippen MR) is 129 cm³/mol. The third-order valence-corrected chi connectivity index (χ3v) is 6.30. The summed E-state index contributed by atoms with van der Waals surface area (Å²) in [6.45, 7) is 11.7. The van der Waals surface area contributed by atoms with Gasteiger partial charge in [0.05, 0.1) is 12.2 Å². The highest BCUT2D eigenvalue weighted by Gasteiger charge is 2.38. The van der Waals surface area contributed by atoms with Gasteiger partial charge in [0.15, 0.2) is 0 Å². The van der Waals surface area contributed by atoms with Crippen LogP contribution in [0.1, 0.15) is 61.7 Å². The van der Waals surface area contributed by atoms with Gasteiger partial charge in [-0.15, -0.1) is 0 Å². The third kappa shape index (κ3) is 4.63. The van der Waals surface area contributed by atoms with Crippen LogP contribution < -0.4 is 0 Å². The first-order valence-electron chi connectivity index (χ1n) is 11.4. The SMILES string of the molecule is Cc1c(C(C)C)nc2c(c1-c1ccc(F)cc1)CN(C(=O)OCc1ccccc1)CC2(C)C. The summed E-state index contributed by atoms with van der Waals surface area (Å²) < 4.78 is 19.3. The van der Waals surface area contributed by atoms with Gasteiger partial charge in [-0.25, -0.2) is 9.18 Å². The maximum atomic E-state index is 13.7. The lowest BCUT2D eigenvalue weighted by atomic mass is 9.78. The number of pyridine rings is 1. The minimum Gasteiger partial charge on any atom is -0.445 e. The van der Waals surface area contributed by atoms with Crippen LogP contribution in [0.5, 0.6) is 0 Å². The Labute approximate surface area is 195 Å². The molecule has 0 N–H and O–H groups in total. The smallest absolute Gasteiger partial charge is 0.410 e. The van der Waals surface area contributed by atoms with Gasteiger partial charge in [-0.3, -0.25) is 4.98 Å². The summed E-state index contributed by atoms with van der Waals surface area (Å²) >= 11 is 0. The normalized spacial score (nSPS) is 14.8. The van der Waals surface area contributed by atoms with Crippen molar-refractivity contribution in [3.63, 3.8) is 0 Å². The molecule has 3 aromatic rings.